The minimum Gasteiger partial charge on any atom is -0.496 e. The number of benzene rings is 1. The Balaban J connectivity index is 3.76. The van der Waals surface area contributed by atoms with Gasteiger partial charge in [0.1, 0.15) is 5.75 Å². The first-order valence-corrected chi connectivity index (χ1v) is 5.35. The van der Waals surface area contributed by atoms with Crippen molar-refractivity contribution in [2.75, 3.05) is 7.11 Å². The van der Waals surface area contributed by atoms with Crippen molar-refractivity contribution in [2.24, 2.45) is 0 Å². The van der Waals surface area contributed by atoms with Gasteiger partial charge in [-0.25, -0.2) is 0 Å². The molecule has 0 bridgehead atoms. The summed E-state index contributed by atoms with van der Waals surface area (Å²) in [6.45, 7) is 0. The molecule has 0 aromatic heterocycles. The van der Waals surface area contributed by atoms with E-state index in [1.165, 1.54) is 6.07 Å². The van der Waals surface area contributed by atoms with Crippen molar-refractivity contribution in [3.63, 3.8) is 0 Å². The molecule has 0 radical (unpaired) electrons. The van der Waals surface area contributed by atoms with Crippen LogP contribution < -0.4 is 4.74 Å². The molecule has 10 nitrogen and oxygen atoms in total. The van der Waals surface area contributed by atoms with Crippen LogP contribution in [0.15, 0.2) is 22.7 Å². The fourth-order valence-electron chi connectivity index (χ4n) is 1.44. The summed E-state index contributed by atoms with van der Waals surface area (Å²) >= 11 is 2.94. The molecule has 0 amide bonds. The molecule has 11 heteroatoms. The summed E-state index contributed by atoms with van der Waals surface area (Å²) in [4.78, 5) is 28.1. The summed E-state index contributed by atoms with van der Waals surface area (Å²) in [5.41, 5.74) is -0.774. The van der Waals surface area contributed by atoms with Gasteiger partial charge < -0.3 is 4.74 Å². The quantitative estimate of drug-likeness (QED) is 0.450. The lowest BCUT2D eigenvalue weighted by atomic mass is 10.1. The predicted molar refractivity (Wildman–Crippen MR) is 63.4 cm³/mol. The van der Waals surface area contributed by atoms with Gasteiger partial charge >= 0.3 is 5.79 Å². The third-order valence-electron chi connectivity index (χ3n) is 2.29. The highest BCUT2D eigenvalue weighted by atomic mass is 79.9. The van der Waals surface area contributed by atoms with Gasteiger partial charge in [0.2, 0.25) is 5.56 Å². The normalized spacial score (nSPS) is 10.8. The molecular formula is C8H6BrN3O7. The summed E-state index contributed by atoms with van der Waals surface area (Å²) in [6, 6.07) is 3.45. The van der Waals surface area contributed by atoms with E-state index in [9.17, 15) is 30.3 Å². The second-order valence-corrected chi connectivity index (χ2v) is 4.17. The molecule has 0 fully saturated rings. The second-order valence-electron chi connectivity index (χ2n) is 3.25. The van der Waals surface area contributed by atoms with Crippen LogP contribution >= 0.6 is 15.9 Å². The lowest BCUT2D eigenvalue weighted by Gasteiger charge is -2.12. The largest absolute Gasteiger partial charge is 0.732 e. The van der Waals surface area contributed by atoms with E-state index < -0.39 is 26.1 Å². The average Bonchev–Trinajstić information content (AvgIpc) is 2.28. The second kappa shape index (κ2) is 5.14. The molecule has 0 atom stereocenters. The predicted octanol–water partition coefficient (Wildman–Crippen LogP) is 1.40. The number of ether oxygens (including phenoxy) is 1. The molecule has 0 saturated carbocycles. The molecule has 0 saturated heterocycles. The number of halogens is 1. The fourth-order valence-corrected chi connectivity index (χ4v) is 1.80. The Labute approximate surface area is 113 Å². The third kappa shape index (κ3) is 2.19. The maximum Gasteiger partial charge on any atom is 0.732 e. The summed E-state index contributed by atoms with van der Waals surface area (Å²) in [6.07, 6.45) is 0. The highest BCUT2D eigenvalue weighted by molar-refractivity contribution is 9.10. The van der Waals surface area contributed by atoms with Crippen molar-refractivity contribution >= 4 is 15.9 Å². The Kier molecular flexibility index (Phi) is 3.99. The van der Waals surface area contributed by atoms with Gasteiger partial charge in [-0.2, -0.15) is 0 Å². The van der Waals surface area contributed by atoms with E-state index in [-0.39, 0.29) is 10.2 Å². The topological polar surface area (TPSA) is 139 Å². The zero-order valence-electron chi connectivity index (χ0n) is 9.31. The molecule has 0 N–H and O–H groups in total. The molecule has 19 heavy (non-hydrogen) atoms. The lowest BCUT2D eigenvalue weighted by molar-refractivity contribution is -0.986. The van der Waals surface area contributed by atoms with Crippen LogP contribution in [0, 0.1) is 30.3 Å². The summed E-state index contributed by atoms with van der Waals surface area (Å²) < 4.78 is 4.93. The molecule has 102 valence electrons. The third-order valence-corrected chi connectivity index (χ3v) is 2.78. The van der Waals surface area contributed by atoms with Crippen molar-refractivity contribution < 1.29 is 19.5 Å². The number of nitrogens with zero attached hydrogens (tertiary/aromatic N) is 3. The molecule has 0 aliphatic carbocycles. The number of hydrogen-bond donors (Lipinski definition) is 0. The number of nitro groups is 3. The molecule has 0 unspecified atom stereocenters. The van der Waals surface area contributed by atoms with Gasteiger partial charge in [0.25, 0.3) is 0 Å². The smallest absolute Gasteiger partial charge is 0.496 e. The van der Waals surface area contributed by atoms with Gasteiger partial charge in [-0.05, 0) is 18.2 Å². The van der Waals surface area contributed by atoms with Crippen molar-refractivity contribution in [1.29, 1.82) is 0 Å². The monoisotopic (exact) mass is 335 g/mol. The van der Waals surface area contributed by atoms with E-state index in [2.05, 4.69) is 15.9 Å². The van der Waals surface area contributed by atoms with Crippen LogP contribution in [0.4, 0.5) is 0 Å². The van der Waals surface area contributed by atoms with Crippen LogP contribution in [0.3, 0.4) is 0 Å². The maximum absolute atomic E-state index is 10.9. The van der Waals surface area contributed by atoms with Crippen molar-refractivity contribution in [1.82, 2.24) is 0 Å². The van der Waals surface area contributed by atoms with Gasteiger partial charge in [-0.15, -0.1) is 0 Å². The Hall–Kier alpha value is -2.30. The number of hydrogen-bond acceptors (Lipinski definition) is 7. The first-order chi connectivity index (χ1) is 8.78. The summed E-state index contributed by atoms with van der Waals surface area (Å²) in [5.74, 6) is -4.04. The number of methoxy groups -OCH3 is 1. The minimum absolute atomic E-state index is 0.207. The fraction of sp³-hybridized carbons (Fsp3) is 0.250. The zero-order valence-corrected chi connectivity index (χ0v) is 10.9. The first kappa shape index (κ1) is 14.8. The Morgan fingerprint density at radius 1 is 1.11 bits per heavy atom. The summed E-state index contributed by atoms with van der Waals surface area (Å²) in [5, 5.41) is 32.8. The van der Waals surface area contributed by atoms with E-state index in [1.54, 1.807) is 0 Å². The standard InChI is InChI=1S/C8H6BrN3O7/c1-19-7-3-2-5(9)4-6(7)8(10(13)14,11(15)16)12(17)18/h2-4H,1H3. The van der Waals surface area contributed by atoms with E-state index >= 15 is 0 Å². The molecule has 1 aromatic carbocycles. The van der Waals surface area contributed by atoms with Crippen molar-refractivity contribution in [2.45, 2.75) is 5.79 Å². The van der Waals surface area contributed by atoms with E-state index in [0.717, 1.165) is 19.2 Å². The van der Waals surface area contributed by atoms with E-state index in [1.807, 2.05) is 0 Å². The van der Waals surface area contributed by atoms with Crippen LogP contribution in [-0.4, -0.2) is 21.9 Å². The first-order valence-electron chi connectivity index (χ1n) is 4.56. The molecule has 0 aliphatic heterocycles. The molecule has 1 aromatic rings. The minimum atomic E-state index is -3.71. The van der Waals surface area contributed by atoms with Crippen LogP contribution in [0.1, 0.15) is 5.56 Å². The maximum atomic E-state index is 10.9. The highest BCUT2D eigenvalue weighted by Crippen LogP contribution is 2.35. The van der Waals surface area contributed by atoms with Crippen LogP contribution in [0.5, 0.6) is 5.75 Å². The molecule has 0 heterocycles. The average molecular weight is 336 g/mol. The molecular weight excluding hydrogens is 330 g/mol. The zero-order chi connectivity index (χ0) is 14.8. The SMILES string of the molecule is COc1ccc(Br)cc1C([N+](=O)[O-])([N+](=O)[O-])[N+](=O)[O-]. The van der Waals surface area contributed by atoms with Crippen LogP contribution in [-0.2, 0) is 5.79 Å². The van der Waals surface area contributed by atoms with Crippen LogP contribution in [0.25, 0.3) is 0 Å². The van der Waals surface area contributed by atoms with Crippen LogP contribution in [0.2, 0.25) is 0 Å². The Morgan fingerprint density at radius 2 is 1.58 bits per heavy atom. The van der Waals surface area contributed by atoms with E-state index in [4.69, 9.17) is 4.74 Å². The Bertz CT molecular complexity index is 525. The van der Waals surface area contributed by atoms with Gasteiger partial charge in [0.15, 0.2) is 14.8 Å². The summed E-state index contributed by atoms with van der Waals surface area (Å²) in [7, 11) is 1.09. The molecule has 0 spiro atoms. The molecule has 0 aliphatic rings. The van der Waals surface area contributed by atoms with Gasteiger partial charge in [0, 0.05) is 4.47 Å². The van der Waals surface area contributed by atoms with E-state index in [0.29, 0.717) is 0 Å². The van der Waals surface area contributed by atoms with Gasteiger partial charge in [-0.3, -0.25) is 30.3 Å². The van der Waals surface area contributed by atoms with Gasteiger partial charge in [0.05, 0.1) is 7.11 Å². The van der Waals surface area contributed by atoms with Gasteiger partial charge in [-0.1, -0.05) is 15.9 Å². The van der Waals surface area contributed by atoms with Crippen molar-refractivity contribution in [3.05, 3.63) is 58.6 Å². The highest BCUT2D eigenvalue weighted by Gasteiger charge is 2.74. The lowest BCUT2D eigenvalue weighted by Crippen LogP contribution is -2.50. The molecule has 1 rings (SSSR count). The Morgan fingerprint density at radius 3 is 1.95 bits per heavy atom. The number of rotatable bonds is 5. The van der Waals surface area contributed by atoms with Crippen molar-refractivity contribution in [3.8, 4) is 5.75 Å².